The summed E-state index contributed by atoms with van der Waals surface area (Å²) in [6, 6.07) is 0. The van der Waals surface area contributed by atoms with E-state index in [1.165, 1.54) is 19.2 Å². The molecule has 1 fully saturated rings. The number of hydrogen-bond acceptors (Lipinski definition) is 5. The minimum Gasteiger partial charge on any atom is -0.481 e. The van der Waals surface area contributed by atoms with E-state index >= 15 is 0 Å². The molecule has 1 aromatic heterocycles. The molecule has 5 nitrogen and oxygen atoms in total. The summed E-state index contributed by atoms with van der Waals surface area (Å²) in [5.41, 5.74) is 0.947. The van der Waals surface area contributed by atoms with E-state index in [-0.39, 0.29) is 0 Å². The summed E-state index contributed by atoms with van der Waals surface area (Å²) in [4.78, 5) is 8.25. The molecule has 1 saturated heterocycles. The summed E-state index contributed by atoms with van der Waals surface area (Å²) in [5, 5.41) is 3.30. The van der Waals surface area contributed by atoms with Crippen molar-refractivity contribution >= 4 is 5.82 Å². The van der Waals surface area contributed by atoms with Gasteiger partial charge in [-0.2, -0.15) is 0 Å². The van der Waals surface area contributed by atoms with Gasteiger partial charge in [-0.3, -0.25) is 0 Å². The highest BCUT2D eigenvalue weighted by atomic mass is 16.5. The summed E-state index contributed by atoms with van der Waals surface area (Å²) >= 11 is 0. The van der Waals surface area contributed by atoms with Gasteiger partial charge in [-0.05, 0) is 26.2 Å². The van der Waals surface area contributed by atoms with Crippen LogP contribution in [0.3, 0.4) is 0 Å². The average Bonchev–Trinajstić information content (AvgIpc) is 2.84. The van der Waals surface area contributed by atoms with Crippen LogP contribution in [0.25, 0.3) is 0 Å². The third-order valence-electron chi connectivity index (χ3n) is 3.01. The van der Waals surface area contributed by atoms with E-state index in [2.05, 4.69) is 15.3 Å². The van der Waals surface area contributed by atoms with Gasteiger partial charge in [0.1, 0.15) is 12.1 Å². The van der Waals surface area contributed by atoms with Gasteiger partial charge in [-0.25, -0.2) is 9.97 Å². The molecule has 0 bridgehead atoms. The van der Waals surface area contributed by atoms with E-state index in [0.29, 0.717) is 12.0 Å². The summed E-state index contributed by atoms with van der Waals surface area (Å²) in [6.45, 7) is 3.73. The first-order valence-corrected chi connectivity index (χ1v) is 6.02. The van der Waals surface area contributed by atoms with Crippen LogP contribution in [-0.4, -0.2) is 36.3 Å². The Labute approximate surface area is 102 Å². The maximum atomic E-state index is 5.57. The van der Waals surface area contributed by atoms with Gasteiger partial charge in [0.05, 0.1) is 18.8 Å². The third-order valence-corrected chi connectivity index (χ3v) is 3.01. The maximum absolute atomic E-state index is 5.57. The molecule has 2 rings (SSSR count). The Morgan fingerprint density at radius 1 is 1.53 bits per heavy atom. The zero-order valence-corrected chi connectivity index (χ0v) is 10.4. The Bertz CT molecular complexity index is 365. The second kappa shape index (κ2) is 5.82. The van der Waals surface area contributed by atoms with Gasteiger partial charge >= 0.3 is 0 Å². The van der Waals surface area contributed by atoms with E-state index in [1.807, 2.05) is 6.92 Å². The molecule has 0 saturated carbocycles. The van der Waals surface area contributed by atoms with Crippen molar-refractivity contribution in [2.24, 2.45) is 0 Å². The lowest BCUT2D eigenvalue weighted by molar-refractivity contribution is 0.107. The predicted octanol–water partition coefficient (Wildman–Crippen LogP) is 1.77. The van der Waals surface area contributed by atoms with Crippen LogP contribution in [0.2, 0.25) is 0 Å². The molecule has 94 valence electrons. The van der Waals surface area contributed by atoms with Crippen LogP contribution in [0, 0.1) is 6.92 Å². The second-order valence-corrected chi connectivity index (χ2v) is 4.21. The Hall–Kier alpha value is -1.36. The van der Waals surface area contributed by atoms with Crippen molar-refractivity contribution in [2.45, 2.75) is 32.3 Å². The Morgan fingerprint density at radius 2 is 2.41 bits per heavy atom. The lowest BCUT2D eigenvalue weighted by Crippen LogP contribution is -2.14. The zero-order valence-electron chi connectivity index (χ0n) is 10.4. The number of methoxy groups -OCH3 is 1. The highest BCUT2D eigenvalue weighted by Crippen LogP contribution is 2.20. The average molecular weight is 237 g/mol. The van der Waals surface area contributed by atoms with Gasteiger partial charge in [0, 0.05) is 13.2 Å². The molecule has 0 aliphatic carbocycles. The Balaban J connectivity index is 1.85. The number of aromatic nitrogens is 2. The molecule has 0 spiro atoms. The van der Waals surface area contributed by atoms with Crippen LogP contribution in [0.1, 0.15) is 24.8 Å². The lowest BCUT2D eigenvalue weighted by Gasteiger charge is -2.12. The van der Waals surface area contributed by atoms with Crippen LogP contribution >= 0.6 is 0 Å². The number of nitrogens with one attached hydrogen (secondary N) is 1. The van der Waals surface area contributed by atoms with E-state index in [0.717, 1.165) is 31.0 Å². The molecule has 1 N–H and O–H groups in total. The van der Waals surface area contributed by atoms with Crippen molar-refractivity contribution in [3.8, 4) is 5.88 Å². The zero-order chi connectivity index (χ0) is 12.1. The van der Waals surface area contributed by atoms with Crippen molar-refractivity contribution < 1.29 is 9.47 Å². The quantitative estimate of drug-likeness (QED) is 0.846. The van der Waals surface area contributed by atoms with Gasteiger partial charge < -0.3 is 14.8 Å². The van der Waals surface area contributed by atoms with E-state index < -0.39 is 0 Å². The molecule has 2 heterocycles. The minimum atomic E-state index is 0.409. The summed E-state index contributed by atoms with van der Waals surface area (Å²) in [5.74, 6) is 1.47. The number of anilines is 1. The van der Waals surface area contributed by atoms with Crippen molar-refractivity contribution in [3.05, 3.63) is 11.9 Å². The molecule has 1 aromatic rings. The first kappa shape index (κ1) is 12.1. The van der Waals surface area contributed by atoms with Crippen LogP contribution in [0.15, 0.2) is 6.33 Å². The fourth-order valence-corrected chi connectivity index (χ4v) is 2.04. The molecule has 0 amide bonds. The number of rotatable bonds is 5. The van der Waals surface area contributed by atoms with E-state index in [9.17, 15) is 0 Å². The first-order valence-electron chi connectivity index (χ1n) is 6.02. The van der Waals surface area contributed by atoms with Crippen LogP contribution < -0.4 is 10.1 Å². The lowest BCUT2D eigenvalue weighted by atomic mass is 10.2. The molecule has 17 heavy (non-hydrogen) atoms. The second-order valence-electron chi connectivity index (χ2n) is 4.21. The fraction of sp³-hybridized carbons (Fsp3) is 0.667. The smallest absolute Gasteiger partial charge is 0.221 e. The monoisotopic (exact) mass is 237 g/mol. The molecule has 1 aliphatic heterocycles. The number of ether oxygens (including phenoxy) is 2. The normalized spacial score (nSPS) is 19.3. The van der Waals surface area contributed by atoms with Gasteiger partial charge in [-0.15, -0.1) is 0 Å². The molecular formula is C12H19N3O2. The molecule has 1 unspecified atom stereocenters. The standard InChI is InChI=1S/C12H19N3O2/c1-9-11(14-8-15-12(9)16-2)13-6-5-10-4-3-7-17-10/h8,10H,3-7H2,1-2H3,(H,13,14,15). The van der Waals surface area contributed by atoms with Crippen LogP contribution in [0.4, 0.5) is 5.82 Å². The van der Waals surface area contributed by atoms with Crippen molar-refractivity contribution in [3.63, 3.8) is 0 Å². The van der Waals surface area contributed by atoms with Crippen molar-refractivity contribution in [1.82, 2.24) is 9.97 Å². The van der Waals surface area contributed by atoms with Gasteiger partial charge in [0.2, 0.25) is 5.88 Å². The highest BCUT2D eigenvalue weighted by molar-refractivity contribution is 5.47. The van der Waals surface area contributed by atoms with E-state index in [1.54, 1.807) is 7.11 Å². The summed E-state index contributed by atoms with van der Waals surface area (Å²) < 4.78 is 10.7. The summed E-state index contributed by atoms with van der Waals surface area (Å²) in [7, 11) is 1.62. The minimum absolute atomic E-state index is 0.409. The van der Waals surface area contributed by atoms with Gasteiger partial charge in [0.15, 0.2) is 0 Å². The van der Waals surface area contributed by atoms with Gasteiger partial charge in [0.25, 0.3) is 0 Å². The predicted molar refractivity (Wildman–Crippen MR) is 65.4 cm³/mol. The highest BCUT2D eigenvalue weighted by Gasteiger charge is 2.15. The van der Waals surface area contributed by atoms with Crippen LogP contribution in [-0.2, 0) is 4.74 Å². The molecule has 0 aromatic carbocycles. The maximum Gasteiger partial charge on any atom is 0.221 e. The molecule has 5 heteroatoms. The Morgan fingerprint density at radius 3 is 3.12 bits per heavy atom. The van der Waals surface area contributed by atoms with Crippen molar-refractivity contribution in [2.75, 3.05) is 25.6 Å². The van der Waals surface area contributed by atoms with Gasteiger partial charge in [-0.1, -0.05) is 0 Å². The molecule has 1 aliphatic rings. The largest absolute Gasteiger partial charge is 0.481 e. The third kappa shape index (κ3) is 3.06. The molecule has 1 atom stereocenters. The first-order chi connectivity index (χ1) is 8.31. The summed E-state index contributed by atoms with van der Waals surface area (Å²) in [6.07, 6.45) is 5.30. The Kier molecular flexibility index (Phi) is 4.14. The SMILES string of the molecule is COc1ncnc(NCCC2CCCO2)c1C. The molecular weight excluding hydrogens is 218 g/mol. The number of hydrogen-bond donors (Lipinski definition) is 1. The number of nitrogens with zero attached hydrogens (tertiary/aromatic N) is 2. The van der Waals surface area contributed by atoms with Crippen molar-refractivity contribution in [1.29, 1.82) is 0 Å². The van der Waals surface area contributed by atoms with E-state index in [4.69, 9.17) is 9.47 Å². The molecule has 0 radical (unpaired) electrons. The fourth-order valence-electron chi connectivity index (χ4n) is 2.04. The van der Waals surface area contributed by atoms with Crippen LogP contribution in [0.5, 0.6) is 5.88 Å². The topological polar surface area (TPSA) is 56.3 Å².